The Morgan fingerprint density at radius 1 is 0.944 bits per heavy atom. The van der Waals surface area contributed by atoms with E-state index in [1.165, 1.54) is 5.56 Å². The largest absolute Gasteiger partial charge is 0.383 e. The van der Waals surface area contributed by atoms with E-state index in [1.54, 1.807) is 6.20 Å². The first kappa shape index (κ1) is 10.7. The maximum atomic E-state index is 6.02. The summed E-state index contributed by atoms with van der Waals surface area (Å²) in [5.41, 5.74) is 8.87. The maximum absolute atomic E-state index is 6.02. The van der Waals surface area contributed by atoms with Crippen molar-refractivity contribution in [3.63, 3.8) is 0 Å². The van der Waals surface area contributed by atoms with E-state index in [-0.39, 0.29) is 0 Å². The van der Waals surface area contributed by atoms with E-state index in [4.69, 9.17) is 5.73 Å². The number of nitrogens with two attached hydrogens (primary N) is 1. The molecule has 18 heavy (non-hydrogen) atoms. The summed E-state index contributed by atoms with van der Waals surface area (Å²) in [6, 6.07) is 13.9. The summed E-state index contributed by atoms with van der Waals surface area (Å²) in [5.74, 6) is 0.553. The van der Waals surface area contributed by atoms with Gasteiger partial charge in [-0.1, -0.05) is 24.3 Å². The first-order valence-corrected chi connectivity index (χ1v) is 5.83. The molecule has 88 valence electrons. The van der Waals surface area contributed by atoms with Crippen LogP contribution in [-0.2, 0) is 0 Å². The van der Waals surface area contributed by atoms with Crippen LogP contribution in [0, 0.1) is 6.92 Å². The van der Waals surface area contributed by atoms with E-state index in [0.29, 0.717) is 5.82 Å². The highest BCUT2D eigenvalue weighted by molar-refractivity contribution is 5.95. The average molecular weight is 235 g/mol. The minimum atomic E-state index is 0.553. The number of aryl methyl sites for hydroxylation is 1. The lowest BCUT2D eigenvalue weighted by molar-refractivity contribution is 1.26. The number of hydrogen-bond donors (Lipinski definition) is 1. The molecule has 0 saturated carbocycles. The molecule has 3 aromatic rings. The van der Waals surface area contributed by atoms with Gasteiger partial charge in [-0.2, -0.15) is 0 Å². The zero-order valence-electron chi connectivity index (χ0n) is 10.1. The minimum absolute atomic E-state index is 0.553. The number of hydrogen-bond acceptors (Lipinski definition) is 3. The molecule has 0 fully saturated rings. The van der Waals surface area contributed by atoms with Crippen molar-refractivity contribution in [3.8, 4) is 11.4 Å². The van der Waals surface area contributed by atoms with E-state index < -0.39 is 0 Å². The van der Waals surface area contributed by atoms with Crippen LogP contribution in [0.2, 0.25) is 0 Å². The third-order valence-corrected chi connectivity index (χ3v) is 3.05. The van der Waals surface area contributed by atoms with Crippen molar-refractivity contribution >= 4 is 16.6 Å². The predicted molar refractivity (Wildman–Crippen MR) is 74.1 cm³/mol. The van der Waals surface area contributed by atoms with Crippen LogP contribution in [0.15, 0.2) is 48.7 Å². The normalized spacial score (nSPS) is 10.7. The molecule has 0 radical (unpaired) electrons. The fourth-order valence-corrected chi connectivity index (χ4v) is 2.10. The lowest BCUT2D eigenvalue weighted by atomic mass is 10.0. The molecule has 2 aromatic heterocycles. The Labute approximate surface area is 105 Å². The SMILES string of the molecule is Cc1cccc2c(N)nc(-c3ccccn3)cc12. The van der Waals surface area contributed by atoms with Crippen LogP contribution in [0.4, 0.5) is 5.82 Å². The molecule has 0 aliphatic heterocycles. The highest BCUT2D eigenvalue weighted by Crippen LogP contribution is 2.27. The number of nitrogens with zero attached hydrogens (tertiary/aromatic N) is 2. The minimum Gasteiger partial charge on any atom is -0.383 e. The summed E-state index contributed by atoms with van der Waals surface area (Å²) >= 11 is 0. The van der Waals surface area contributed by atoms with E-state index >= 15 is 0 Å². The molecule has 1 aromatic carbocycles. The lowest BCUT2D eigenvalue weighted by Crippen LogP contribution is -1.96. The molecular weight excluding hydrogens is 222 g/mol. The number of pyridine rings is 2. The van der Waals surface area contributed by atoms with Crippen LogP contribution in [0.25, 0.3) is 22.2 Å². The monoisotopic (exact) mass is 235 g/mol. The van der Waals surface area contributed by atoms with Crippen molar-refractivity contribution in [2.45, 2.75) is 6.92 Å². The molecule has 2 N–H and O–H groups in total. The van der Waals surface area contributed by atoms with Gasteiger partial charge < -0.3 is 5.73 Å². The fraction of sp³-hybridized carbons (Fsp3) is 0.0667. The number of nitrogen functional groups attached to an aromatic ring is 1. The van der Waals surface area contributed by atoms with E-state index in [9.17, 15) is 0 Å². The molecule has 0 atom stereocenters. The van der Waals surface area contributed by atoms with Crippen LogP contribution in [0.1, 0.15) is 5.56 Å². The van der Waals surface area contributed by atoms with Crippen LogP contribution in [-0.4, -0.2) is 9.97 Å². The van der Waals surface area contributed by atoms with Crippen LogP contribution < -0.4 is 5.73 Å². The van der Waals surface area contributed by atoms with Gasteiger partial charge in [-0.05, 0) is 36.1 Å². The Kier molecular flexibility index (Phi) is 2.45. The molecule has 0 amide bonds. The van der Waals surface area contributed by atoms with Gasteiger partial charge in [0.25, 0.3) is 0 Å². The average Bonchev–Trinajstić information content (AvgIpc) is 2.41. The second-order valence-corrected chi connectivity index (χ2v) is 4.28. The quantitative estimate of drug-likeness (QED) is 0.704. The fourth-order valence-electron chi connectivity index (χ4n) is 2.10. The van der Waals surface area contributed by atoms with Crippen LogP contribution >= 0.6 is 0 Å². The summed E-state index contributed by atoms with van der Waals surface area (Å²) < 4.78 is 0. The number of aromatic nitrogens is 2. The van der Waals surface area contributed by atoms with Gasteiger partial charge in [0.2, 0.25) is 0 Å². The zero-order chi connectivity index (χ0) is 12.5. The second-order valence-electron chi connectivity index (χ2n) is 4.28. The topological polar surface area (TPSA) is 51.8 Å². The molecular formula is C15H13N3. The summed E-state index contributed by atoms with van der Waals surface area (Å²) in [5, 5.41) is 2.13. The summed E-state index contributed by atoms with van der Waals surface area (Å²) in [7, 11) is 0. The van der Waals surface area contributed by atoms with Gasteiger partial charge in [-0.25, -0.2) is 4.98 Å². The molecule has 0 saturated heterocycles. The maximum Gasteiger partial charge on any atom is 0.132 e. The smallest absolute Gasteiger partial charge is 0.132 e. The van der Waals surface area contributed by atoms with Crippen molar-refractivity contribution < 1.29 is 0 Å². The van der Waals surface area contributed by atoms with Gasteiger partial charge in [0, 0.05) is 11.6 Å². The van der Waals surface area contributed by atoms with E-state index in [1.807, 2.05) is 36.4 Å². The van der Waals surface area contributed by atoms with Crippen molar-refractivity contribution in [3.05, 3.63) is 54.2 Å². The number of rotatable bonds is 1. The molecule has 3 heteroatoms. The Morgan fingerprint density at radius 3 is 2.61 bits per heavy atom. The summed E-state index contributed by atoms with van der Waals surface area (Å²) in [6.07, 6.45) is 1.76. The van der Waals surface area contributed by atoms with E-state index in [0.717, 1.165) is 22.2 Å². The van der Waals surface area contributed by atoms with Crippen LogP contribution in [0.5, 0.6) is 0 Å². The van der Waals surface area contributed by atoms with Crippen molar-refractivity contribution in [1.29, 1.82) is 0 Å². The van der Waals surface area contributed by atoms with Gasteiger partial charge in [-0.3, -0.25) is 4.98 Å². The van der Waals surface area contributed by atoms with Gasteiger partial charge in [0.1, 0.15) is 5.82 Å². The van der Waals surface area contributed by atoms with Gasteiger partial charge in [0.15, 0.2) is 0 Å². The molecule has 3 nitrogen and oxygen atoms in total. The Hall–Kier alpha value is -2.42. The number of anilines is 1. The van der Waals surface area contributed by atoms with Crippen molar-refractivity contribution in [2.75, 3.05) is 5.73 Å². The summed E-state index contributed by atoms with van der Waals surface area (Å²) in [6.45, 7) is 2.07. The number of benzene rings is 1. The standard InChI is InChI=1S/C15H13N3/c1-10-5-4-6-11-12(10)9-14(18-15(11)16)13-7-2-3-8-17-13/h2-9H,1H3,(H2,16,18). The van der Waals surface area contributed by atoms with Crippen LogP contribution in [0.3, 0.4) is 0 Å². The Bertz CT molecular complexity index is 706. The molecule has 2 heterocycles. The van der Waals surface area contributed by atoms with E-state index in [2.05, 4.69) is 23.0 Å². The molecule has 0 spiro atoms. The summed E-state index contributed by atoms with van der Waals surface area (Å²) in [4.78, 5) is 8.74. The van der Waals surface area contributed by atoms with Gasteiger partial charge >= 0.3 is 0 Å². The molecule has 0 aliphatic rings. The third-order valence-electron chi connectivity index (χ3n) is 3.05. The Morgan fingerprint density at radius 2 is 1.83 bits per heavy atom. The first-order chi connectivity index (χ1) is 8.75. The Balaban J connectivity index is 2.31. The molecule has 3 rings (SSSR count). The number of fused-ring (bicyclic) bond motifs is 1. The van der Waals surface area contributed by atoms with Crippen molar-refractivity contribution in [2.24, 2.45) is 0 Å². The molecule has 0 unspecified atom stereocenters. The first-order valence-electron chi connectivity index (χ1n) is 5.83. The zero-order valence-corrected chi connectivity index (χ0v) is 10.1. The third kappa shape index (κ3) is 1.70. The highest BCUT2D eigenvalue weighted by atomic mass is 14.9. The van der Waals surface area contributed by atoms with Gasteiger partial charge in [0.05, 0.1) is 11.4 Å². The lowest BCUT2D eigenvalue weighted by Gasteiger charge is -2.07. The highest BCUT2D eigenvalue weighted by Gasteiger charge is 2.07. The second kappa shape index (κ2) is 4.11. The van der Waals surface area contributed by atoms with Crippen molar-refractivity contribution in [1.82, 2.24) is 9.97 Å². The molecule has 0 bridgehead atoms. The predicted octanol–water partition coefficient (Wildman–Crippen LogP) is 3.19. The van der Waals surface area contributed by atoms with Gasteiger partial charge in [-0.15, -0.1) is 0 Å². The molecule has 0 aliphatic carbocycles.